The summed E-state index contributed by atoms with van der Waals surface area (Å²) in [5.41, 5.74) is 0. The van der Waals surface area contributed by atoms with Crippen LogP contribution in [0.25, 0.3) is 0 Å². The maximum absolute atomic E-state index is 11.2. The summed E-state index contributed by atoms with van der Waals surface area (Å²) in [5.74, 6) is -0.959. The van der Waals surface area contributed by atoms with E-state index in [2.05, 4.69) is 0 Å². The Morgan fingerprint density at radius 2 is 1.48 bits per heavy atom. The minimum Gasteiger partial charge on any atom is -0.463 e. The zero-order chi connectivity index (χ0) is 16.0. The number of methoxy groups -OCH3 is 3. The molecule has 5 atom stereocenters. The first kappa shape index (κ1) is 17.8. The van der Waals surface area contributed by atoms with Crippen molar-refractivity contribution in [3.8, 4) is 0 Å². The van der Waals surface area contributed by atoms with Gasteiger partial charge in [-0.05, 0) is 0 Å². The fraction of sp³-hybridized carbons (Fsp3) is 0.846. The van der Waals surface area contributed by atoms with Crippen molar-refractivity contribution in [2.45, 2.75) is 44.6 Å². The lowest BCUT2D eigenvalue weighted by Gasteiger charge is -2.43. The van der Waals surface area contributed by atoms with Gasteiger partial charge in [-0.2, -0.15) is 0 Å². The average molecular weight is 306 g/mol. The van der Waals surface area contributed by atoms with Gasteiger partial charge in [0.25, 0.3) is 0 Å². The molecule has 1 rings (SSSR count). The quantitative estimate of drug-likeness (QED) is 0.628. The van der Waals surface area contributed by atoms with Crippen LogP contribution in [0.5, 0.6) is 0 Å². The van der Waals surface area contributed by atoms with Gasteiger partial charge < -0.3 is 28.4 Å². The van der Waals surface area contributed by atoms with Crippen LogP contribution in [-0.4, -0.2) is 70.6 Å². The number of ether oxygens (including phenoxy) is 6. The Labute approximate surface area is 123 Å². The predicted octanol–water partition coefficient (Wildman–Crippen LogP) is -0.117. The zero-order valence-electron chi connectivity index (χ0n) is 12.9. The Kier molecular flexibility index (Phi) is 7.03. The van der Waals surface area contributed by atoms with Crippen molar-refractivity contribution in [3.05, 3.63) is 0 Å². The summed E-state index contributed by atoms with van der Waals surface area (Å²) in [6.07, 6.45) is -3.34. The van der Waals surface area contributed by atoms with Crippen molar-refractivity contribution in [3.63, 3.8) is 0 Å². The second-order valence-corrected chi connectivity index (χ2v) is 4.56. The fourth-order valence-corrected chi connectivity index (χ4v) is 2.27. The lowest BCUT2D eigenvalue weighted by atomic mass is 9.98. The molecule has 0 saturated carbocycles. The summed E-state index contributed by atoms with van der Waals surface area (Å²) in [5, 5.41) is 0. The van der Waals surface area contributed by atoms with Gasteiger partial charge in [0.2, 0.25) is 6.29 Å². The monoisotopic (exact) mass is 306 g/mol. The normalized spacial score (nSPS) is 32.5. The molecule has 0 aliphatic carbocycles. The summed E-state index contributed by atoms with van der Waals surface area (Å²) in [6, 6.07) is 0. The smallest absolute Gasteiger partial charge is 0.305 e. The molecular formula is C13H22O8. The largest absolute Gasteiger partial charge is 0.463 e. The molecule has 0 aromatic carbocycles. The Morgan fingerprint density at radius 1 is 0.905 bits per heavy atom. The van der Waals surface area contributed by atoms with Gasteiger partial charge >= 0.3 is 11.9 Å². The SMILES string of the molecule is COC1C(OC)[C@H](OC)C(COC(C)=O)O[C@@H]1OC(C)=O. The number of rotatable bonds is 6. The van der Waals surface area contributed by atoms with E-state index in [4.69, 9.17) is 28.4 Å². The number of esters is 2. The van der Waals surface area contributed by atoms with Gasteiger partial charge in [0.1, 0.15) is 31.0 Å². The van der Waals surface area contributed by atoms with Crippen LogP contribution >= 0.6 is 0 Å². The molecule has 8 nitrogen and oxygen atoms in total. The highest BCUT2D eigenvalue weighted by Gasteiger charge is 2.48. The lowest BCUT2D eigenvalue weighted by molar-refractivity contribution is -0.304. The average Bonchev–Trinajstić information content (AvgIpc) is 2.43. The first-order valence-corrected chi connectivity index (χ1v) is 6.49. The minimum atomic E-state index is -0.968. The molecule has 122 valence electrons. The van der Waals surface area contributed by atoms with Crippen molar-refractivity contribution < 1.29 is 38.0 Å². The molecule has 0 aromatic rings. The molecule has 0 bridgehead atoms. The third kappa shape index (κ3) is 4.63. The van der Waals surface area contributed by atoms with Crippen molar-refractivity contribution >= 4 is 11.9 Å². The maximum atomic E-state index is 11.2. The van der Waals surface area contributed by atoms with Crippen molar-refractivity contribution in [2.75, 3.05) is 27.9 Å². The van der Waals surface area contributed by atoms with Crippen LogP contribution in [0.15, 0.2) is 0 Å². The molecular weight excluding hydrogens is 284 g/mol. The molecule has 3 unspecified atom stereocenters. The van der Waals surface area contributed by atoms with E-state index in [0.717, 1.165) is 0 Å². The van der Waals surface area contributed by atoms with E-state index >= 15 is 0 Å². The van der Waals surface area contributed by atoms with E-state index < -0.39 is 42.6 Å². The van der Waals surface area contributed by atoms with Gasteiger partial charge in [0.05, 0.1) is 0 Å². The van der Waals surface area contributed by atoms with E-state index in [9.17, 15) is 9.59 Å². The third-order valence-corrected chi connectivity index (χ3v) is 3.14. The van der Waals surface area contributed by atoms with Gasteiger partial charge in [0, 0.05) is 35.2 Å². The highest BCUT2D eigenvalue weighted by molar-refractivity contribution is 5.66. The standard InChI is InChI=1S/C13H22O8/c1-7(14)19-6-9-10(16-3)11(17-4)12(18-5)13(21-9)20-8(2)15/h9-13H,6H2,1-5H3/t9?,10-,11?,12?,13+/m1/s1. The molecule has 0 N–H and O–H groups in total. The van der Waals surface area contributed by atoms with Gasteiger partial charge in [-0.25, -0.2) is 0 Å². The number of hydrogen-bond acceptors (Lipinski definition) is 8. The molecule has 1 saturated heterocycles. The minimum absolute atomic E-state index is 0.0398. The highest BCUT2D eigenvalue weighted by atomic mass is 16.7. The molecule has 1 aliphatic rings. The molecule has 1 heterocycles. The predicted molar refractivity (Wildman–Crippen MR) is 69.5 cm³/mol. The fourth-order valence-electron chi connectivity index (χ4n) is 2.27. The van der Waals surface area contributed by atoms with E-state index in [1.807, 2.05) is 0 Å². The zero-order valence-corrected chi connectivity index (χ0v) is 12.9. The molecule has 0 aromatic heterocycles. The van der Waals surface area contributed by atoms with Crippen LogP contribution in [-0.2, 0) is 38.0 Å². The number of carbonyl (C=O) groups excluding carboxylic acids is 2. The second kappa shape index (κ2) is 8.28. The Bertz CT molecular complexity index is 358. The Balaban J connectivity index is 2.91. The molecule has 0 radical (unpaired) electrons. The Morgan fingerprint density at radius 3 is 1.90 bits per heavy atom. The van der Waals surface area contributed by atoms with Gasteiger partial charge in [-0.15, -0.1) is 0 Å². The van der Waals surface area contributed by atoms with E-state index in [0.29, 0.717) is 0 Å². The van der Waals surface area contributed by atoms with Crippen molar-refractivity contribution in [1.29, 1.82) is 0 Å². The highest BCUT2D eigenvalue weighted by Crippen LogP contribution is 2.28. The van der Waals surface area contributed by atoms with E-state index in [-0.39, 0.29) is 6.61 Å². The summed E-state index contributed by atoms with van der Waals surface area (Å²) in [7, 11) is 4.43. The summed E-state index contributed by atoms with van der Waals surface area (Å²) in [6.45, 7) is 2.52. The molecule has 0 amide bonds. The van der Waals surface area contributed by atoms with Crippen LogP contribution in [0.1, 0.15) is 13.8 Å². The summed E-state index contributed by atoms with van der Waals surface area (Å²) in [4.78, 5) is 22.1. The van der Waals surface area contributed by atoms with Crippen LogP contribution in [0.3, 0.4) is 0 Å². The molecule has 1 fully saturated rings. The molecule has 0 spiro atoms. The molecule has 8 heteroatoms. The summed E-state index contributed by atoms with van der Waals surface area (Å²) >= 11 is 0. The first-order valence-electron chi connectivity index (χ1n) is 6.49. The maximum Gasteiger partial charge on any atom is 0.305 e. The molecule has 1 aliphatic heterocycles. The van der Waals surface area contributed by atoms with Crippen LogP contribution in [0, 0.1) is 0 Å². The number of carbonyl (C=O) groups is 2. The van der Waals surface area contributed by atoms with E-state index in [1.54, 1.807) is 0 Å². The topological polar surface area (TPSA) is 89.5 Å². The Hall–Kier alpha value is -1.22. The second-order valence-electron chi connectivity index (χ2n) is 4.56. The first-order chi connectivity index (χ1) is 9.94. The van der Waals surface area contributed by atoms with E-state index in [1.165, 1.54) is 35.2 Å². The van der Waals surface area contributed by atoms with Crippen molar-refractivity contribution in [1.82, 2.24) is 0 Å². The van der Waals surface area contributed by atoms with Crippen LogP contribution in [0.2, 0.25) is 0 Å². The molecule has 21 heavy (non-hydrogen) atoms. The van der Waals surface area contributed by atoms with Crippen LogP contribution in [0.4, 0.5) is 0 Å². The lowest BCUT2D eigenvalue weighted by Crippen LogP contribution is -2.61. The van der Waals surface area contributed by atoms with Crippen molar-refractivity contribution in [2.24, 2.45) is 0 Å². The van der Waals surface area contributed by atoms with Crippen LogP contribution < -0.4 is 0 Å². The van der Waals surface area contributed by atoms with Gasteiger partial charge in [-0.1, -0.05) is 0 Å². The van der Waals surface area contributed by atoms with Gasteiger partial charge in [0.15, 0.2) is 0 Å². The third-order valence-electron chi connectivity index (χ3n) is 3.14. The van der Waals surface area contributed by atoms with Gasteiger partial charge in [-0.3, -0.25) is 9.59 Å². The summed E-state index contributed by atoms with van der Waals surface area (Å²) < 4.78 is 31.7. The number of hydrogen-bond donors (Lipinski definition) is 0.